The lowest BCUT2D eigenvalue weighted by Crippen LogP contribution is -2.62. The Bertz CT molecular complexity index is 1890. The van der Waals surface area contributed by atoms with E-state index in [1.54, 1.807) is 44.2 Å². The molecule has 9 amide bonds. The van der Waals surface area contributed by atoms with E-state index in [-0.39, 0.29) is 77.0 Å². The van der Waals surface area contributed by atoms with Crippen molar-refractivity contribution in [3.05, 3.63) is 35.9 Å². The number of aliphatic hydroxyl groups excluding tert-OH is 2. The zero-order valence-electron chi connectivity index (χ0n) is 42.3. The van der Waals surface area contributed by atoms with Gasteiger partial charge in [0.1, 0.15) is 48.3 Å². The second kappa shape index (κ2) is 33.8. The third-order valence-corrected chi connectivity index (χ3v) is 11.9. The van der Waals surface area contributed by atoms with E-state index < -0.39 is 120 Å². The van der Waals surface area contributed by atoms with E-state index in [9.17, 15) is 53.4 Å². The minimum absolute atomic E-state index is 0.0694. The fourth-order valence-corrected chi connectivity index (χ4v) is 7.86. The molecule has 0 bridgehead atoms. The maximum atomic E-state index is 14.3. The zero-order valence-corrected chi connectivity index (χ0v) is 42.3. The Morgan fingerprint density at radius 3 is 1.76 bits per heavy atom. The van der Waals surface area contributed by atoms with Gasteiger partial charge in [0, 0.05) is 19.5 Å². The summed E-state index contributed by atoms with van der Waals surface area (Å²) in [6.07, 6.45) is 1.61. The molecule has 1 aromatic rings. The first kappa shape index (κ1) is 62.3. The lowest BCUT2D eigenvalue weighted by atomic mass is 10.00. The Kier molecular flexibility index (Phi) is 29.2. The van der Waals surface area contributed by atoms with Gasteiger partial charge in [-0.2, -0.15) is 0 Å². The van der Waals surface area contributed by atoms with Crippen molar-refractivity contribution in [1.82, 2.24) is 47.9 Å². The van der Waals surface area contributed by atoms with E-state index in [0.29, 0.717) is 18.4 Å². The Balaban J connectivity index is 2.64. The smallest absolute Gasteiger partial charge is 0.245 e. The van der Waals surface area contributed by atoms with Crippen LogP contribution < -0.4 is 70.8 Å². The molecule has 1 aromatic carbocycles. The van der Waals surface area contributed by atoms with Crippen LogP contribution in [0.4, 0.5) is 0 Å². The van der Waals surface area contributed by atoms with Crippen LogP contribution in [0.5, 0.6) is 0 Å². The van der Waals surface area contributed by atoms with Crippen LogP contribution in [0.2, 0.25) is 0 Å². The first-order valence-electron chi connectivity index (χ1n) is 25.2. The highest BCUT2D eigenvalue weighted by Crippen LogP contribution is 2.12. The number of unbranched alkanes of at least 4 members (excludes halogenated alkanes) is 4. The molecular weight excluding hydrogens is 935 g/mol. The standard InChI is InChI=1S/C48H83N13O11/c1-5-6-7-8-12-15-31(63)26-39(64)54-32(16-20-49)41(65)57-35-19-23-53-48(72)40(29(4)62)61-47(71)38(27-52)60-43(67)34(18-22-51)56-45(69)36(24-28(2)3)58-46(70)37(25-30-13-10-9-11-14-30)59-42(66)33(17-21-50)55-44(35)68/h9-11,13-14,28-29,31-38,40,62-63H,5-8,12,15-27,49-52H2,1-4H3,(H,53,72)(H,54,64)(H,55,68)(H,56,69)(H,57,65)(H,58,70)(H,59,66)(H,60,67)(H,61,71)/t29-,31-,32-,33+,34+,35+,36+,37-,38+,40+/m1/s1. The number of nitrogens with one attached hydrogen (secondary N) is 9. The van der Waals surface area contributed by atoms with Gasteiger partial charge in [-0.05, 0) is 76.6 Å². The van der Waals surface area contributed by atoms with Crippen molar-refractivity contribution < 1.29 is 53.4 Å². The van der Waals surface area contributed by atoms with Crippen molar-refractivity contribution in [2.24, 2.45) is 28.9 Å². The SMILES string of the molecule is CCCCCCC[C@@H](O)CC(=O)N[C@H](CCN)C(=O)N[C@H]1CCNC(=O)[C@H]([C@@H](C)O)NC(=O)[C@H](CN)NC(=O)[C@H](CCN)NC(=O)[C@H](CC(C)C)NC(=O)[C@@H](Cc2ccccc2)NC(=O)[C@H](CCN)NC1=O. The van der Waals surface area contributed by atoms with Gasteiger partial charge in [-0.25, -0.2) is 0 Å². The molecular formula is C48H83N13O11. The van der Waals surface area contributed by atoms with Gasteiger partial charge in [-0.3, -0.25) is 43.2 Å². The van der Waals surface area contributed by atoms with Crippen LogP contribution in [0.1, 0.15) is 110 Å². The molecule has 0 unspecified atom stereocenters. The fraction of sp³-hybridized carbons (Fsp3) is 0.688. The molecule has 0 aromatic heterocycles. The molecule has 0 radical (unpaired) electrons. The normalized spacial score (nSPS) is 23.7. The number of carbonyl (C=O) groups excluding carboxylic acids is 9. The van der Waals surface area contributed by atoms with Crippen molar-refractivity contribution in [2.75, 3.05) is 32.7 Å². The lowest BCUT2D eigenvalue weighted by molar-refractivity contribution is -0.136. The predicted molar refractivity (Wildman–Crippen MR) is 268 cm³/mol. The number of hydrogen-bond donors (Lipinski definition) is 15. The topological polar surface area (TPSA) is 406 Å². The quantitative estimate of drug-likeness (QED) is 0.0467. The van der Waals surface area contributed by atoms with Gasteiger partial charge in [0.25, 0.3) is 0 Å². The Labute approximate surface area is 422 Å². The molecule has 1 aliphatic heterocycles. The number of rotatable bonds is 23. The number of aliphatic hydroxyl groups is 2. The number of carbonyl (C=O) groups is 9. The van der Waals surface area contributed by atoms with Crippen molar-refractivity contribution in [3.63, 3.8) is 0 Å². The van der Waals surface area contributed by atoms with E-state index in [1.807, 2.05) is 0 Å². The average Bonchev–Trinajstić information content (AvgIpc) is 3.32. The van der Waals surface area contributed by atoms with Crippen LogP contribution in [-0.2, 0) is 49.6 Å². The fourth-order valence-electron chi connectivity index (χ4n) is 7.86. The molecule has 72 heavy (non-hydrogen) atoms. The molecule has 1 fully saturated rings. The van der Waals surface area contributed by atoms with Crippen molar-refractivity contribution in [3.8, 4) is 0 Å². The first-order chi connectivity index (χ1) is 34.3. The Hall–Kier alpha value is -5.79. The van der Waals surface area contributed by atoms with Crippen LogP contribution in [0.25, 0.3) is 0 Å². The number of hydrogen-bond acceptors (Lipinski definition) is 15. The van der Waals surface area contributed by atoms with Crippen molar-refractivity contribution in [1.29, 1.82) is 0 Å². The summed E-state index contributed by atoms with van der Waals surface area (Å²) in [6, 6.07) is -2.62. The monoisotopic (exact) mass is 1020 g/mol. The largest absolute Gasteiger partial charge is 0.393 e. The van der Waals surface area contributed by atoms with Gasteiger partial charge in [0.15, 0.2) is 0 Å². The third kappa shape index (κ3) is 22.7. The zero-order chi connectivity index (χ0) is 53.8. The summed E-state index contributed by atoms with van der Waals surface area (Å²) in [5, 5.41) is 44.3. The highest BCUT2D eigenvalue weighted by Gasteiger charge is 2.36. The highest BCUT2D eigenvalue weighted by atomic mass is 16.3. The molecule has 406 valence electrons. The predicted octanol–water partition coefficient (Wildman–Crippen LogP) is -3.83. The van der Waals surface area contributed by atoms with E-state index in [0.717, 1.165) is 25.7 Å². The Morgan fingerprint density at radius 2 is 1.19 bits per heavy atom. The van der Waals surface area contributed by atoms with Gasteiger partial charge >= 0.3 is 0 Å². The van der Waals surface area contributed by atoms with Crippen LogP contribution >= 0.6 is 0 Å². The molecule has 24 nitrogen and oxygen atoms in total. The van der Waals surface area contributed by atoms with Crippen LogP contribution in [-0.4, -0.2) is 157 Å². The minimum atomic E-state index is -1.64. The van der Waals surface area contributed by atoms with E-state index in [2.05, 4.69) is 54.8 Å². The molecule has 0 aliphatic carbocycles. The molecule has 10 atom stereocenters. The van der Waals surface area contributed by atoms with Gasteiger partial charge in [0.2, 0.25) is 53.2 Å². The van der Waals surface area contributed by atoms with E-state index in [1.165, 1.54) is 6.92 Å². The lowest BCUT2D eigenvalue weighted by Gasteiger charge is -2.28. The van der Waals surface area contributed by atoms with E-state index >= 15 is 0 Å². The Morgan fingerprint density at radius 1 is 0.653 bits per heavy atom. The minimum Gasteiger partial charge on any atom is -0.393 e. The molecule has 0 saturated carbocycles. The van der Waals surface area contributed by atoms with Gasteiger partial charge in [-0.1, -0.05) is 83.2 Å². The molecule has 1 saturated heterocycles. The maximum Gasteiger partial charge on any atom is 0.245 e. The molecule has 0 spiro atoms. The highest BCUT2D eigenvalue weighted by molar-refractivity contribution is 5.98. The summed E-state index contributed by atoms with van der Waals surface area (Å²) in [5.41, 5.74) is 24.1. The summed E-state index contributed by atoms with van der Waals surface area (Å²) >= 11 is 0. The molecule has 2 rings (SSSR count). The summed E-state index contributed by atoms with van der Waals surface area (Å²) < 4.78 is 0. The van der Waals surface area contributed by atoms with Crippen molar-refractivity contribution >= 4 is 53.2 Å². The second-order valence-electron chi connectivity index (χ2n) is 18.6. The number of benzene rings is 1. The maximum absolute atomic E-state index is 14.3. The van der Waals surface area contributed by atoms with Crippen LogP contribution in [0.15, 0.2) is 30.3 Å². The van der Waals surface area contributed by atoms with E-state index in [4.69, 9.17) is 22.9 Å². The van der Waals surface area contributed by atoms with Gasteiger partial charge in [0.05, 0.1) is 18.6 Å². The number of nitrogens with two attached hydrogens (primary N) is 4. The molecule has 24 heteroatoms. The van der Waals surface area contributed by atoms with Crippen molar-refractivity contribution in [2.45, 2.75) is 172 Å². The summed E-state index contributed by atoms with van der Waals surface area (Å²) in [7, 11) is 0. The second-order valence-corrected chi connectivity index (χ2v) is 18.6. The van der Waals surface area contributed by atoms with Crippen LogP contribution in [0.3, 0.4) is 0 Å². The molecule has 1 heterocycles. The number of amides is 9. The first-order valence-corrected chi connectivity index (χ1v) is 25.2. The summed E-state index contributed by atoms with van der Waals surface area (Å²) in [6.45, 7) is 5.75. The average molecular weight is 1020 g/mol. The summed E-state index contributed by atoms with van der Waals surface area (Å²) in [4.78, 5) is 125. The molecule has 1 aliphatic rings. The van der Waals surface area contributed by atoms with Gasteiger partial charge < -0.3 is 81.0 Å². The third-order valence-electron chi connectivity index (χ3n) is 11.9. The summed E-state index contributed by atoms with van der Waals surface area (Å²) in [5.74, 6) is -7.81. The molecule has 19 N–H and O–H groups in total. The van der Waals surface area contributed by atoms with Crippen LogP contribution in [0, 0.1) is 5.92 Å². The van der Waals surface area contributed by atoms with Gasteiger partial charge in [-0.15, -0.1) is 0 Å².